The van der Waals surface area contributed by atoms with Crippen molar-refractivity contribution in [2.45, 2.75) is 44.4 Å². The molecule has 5 N–H and O–H groups in total. The molecule has 2 aliphatic rings. The monoisotopic (exact) mass is 306 g/mol. The summed E-state index contributed by atoms with van der Waals surface area (Å²) in [5, 5.41) is 9.71. The molecule has 1 aliphatic carbocycles. The first-order valence-electron chi connectivity index (χ1n) is 7.72. The van der Waals surface area contributed by atoms with Gasteiger partial charge in [-0.05, 0) is 37.7 Å². The van der Waals surface area contributed by atoms with E-state index >= 15 is 0 Å². The van der Waals surface area contributed by atoms with E-state index in [1.54, 1.807) is 11.0 Å². The average molecular weight is 306 g/mol. The lowest BCUT2D eigenvalue weighted by Gasteiger charge is -2.42. The lowest BCUT2D eigenvalue weighted by molar-refractivity contribution is 0.0629. The number of urea groups is 1. The van der Waals surface area contributed by atoms with Gasteiger partial charge in [0.1, 0.15) is 0 Å². The number of aromatic nitrogens is 1. The first kappa shape index (κ1) is 14.9. The number of rotatable bonds is 2. The van der Waals surface area contributed by atoms with Gasteiger partial charge in [0.2, 0.25) is 0 Å². The highest BCUT2D eigenvalue weighted by atomic mass is 16.3. The van der Waals surface area contributed by atoms with Crippen LogP contribution in [0.2, 0.25) is 0 Å². The number of carbonyl (C=O) groups is 2. The molecule has 0 spiro atoms. The Bertz CT molecular complexity index is 590. The van der Waals surface area contributed by atoms with Gasteiger partial charge in [0, 0.05) is 19.3 Å². The number of aliphatic hydroxyl groups excluding tert-OH is 1. The predicted octanol–water partition coefficient (Wildman–Crippen LogP) is 0.574. The second-order valence-electron chi connectivity index (χ2n) is 6.22. The molecule has 0 saturated heterocycles. The molecule has 3 rings (SSSR count). The molecule has 3 amide bonds. The van der Waals surface area contributed by atoms with E-state index in [-0.39, 0.29) is 18.1 Å². The highest BCUT2D eigenvalue weighted by Gasteiger charge is 2.39. The first-order chi connectivity index (χ1) is 10.5. The van der Waals surface area contributed by atoms with E-state index in [1.165, 1.54) is 0 Å². The topological polar surface area (TPSA) is 115 Å². The van der Waals surface area contributed by atoms with Crippen LogP contribution >= 0.6 is 0 Å². The van der Waals surface area contributed by atoms with Crippen LogP contribution in [-0.2, 0) is 6.54 Å². The smallest absolute Gasteiger partial charge is 0.315 e. The van der Waals surface area contributed by atoms with E-state index in [1.807, 2.05) is 10.8 Å². The van der Waals surface area contributed by atoms with Crippen LogP contribution in [0, 0.1) is 5.92 Å². The zero-order valence-electron chi connectivity index (χ0n) is 12.4. The molecule has 7 heteroatoms. The lowest BCUT2D eigenvalue weighted by atomic mass is 9.79. The Morgan fingerprint density at radius 2 is 1.82 bits per heavy atom. The minimum atomic E-state index is -0.485. The van der Waals surface area contributed by atoms with Crippen molar-refractivity contribution >= 4 is 11.9 Å². The van der Waals surface area contributed by atoms with Crippen LogP contribution in [0.1, 0.15) is 47.8 Å². The summed E-state index contributed by atoms with van der Waals surface area (Å²) in [6.45, 7) is 1.14. The molecule has 0 bridgehead atoms. The van der Waals surface area contributed by atoms with Crippen LogP contribution in [0.15, 0.2) is 12.3 Å². The Morgan fingerprint density at radius 1 is 1.14 bits per heavy atom. The molecule has 7 nitrogen and oxygen atoms in total. The van der Waals surface area contributed by atoms with Gasteiger partial charge in [0.25, 0.3) is 5.91 Å². The molecular formula is C15H22N4O3. The molecule has 1 aromatic rings. The van der Waals surface area contributed by atoms with Crippen LogP contribution in [0.5, 0.6) is 0 Å². The van der Waals surface area contributed by atoms with Crippen molar-refractivity contribution in [1.29, 1.82) is 0 Å². The number of nitrogens with zero attached hydrogens (tertiary/aromatic N) is 2. The number of carbonyl (C=O) groups excluding carboxylic acids is 2. The van der Waals surface area contributed by atoms with E-state index in [2.05, 4.69) is 0 Å². The molecule has 2 heterocycles. The van der Waals surface area contributed by atoms with Gasteiger partial charge in [-0.3, -0.25) is 4.79 Å². The molecular weight excluding hydrogens is 284 g/mol. The van der Waals surface area contributed by atoms with Gasteiger partial charge in [0.15, 0.2) is 0 Å². The summed E-state index contributed by atoms with van der Waals surface area (Å²) in [7, 11) is 0. The maximum Gasteiger partial charge on any atom is 0.315 e. The van der Waals surface area contributed by atoms with Gasteiger partial charge in [-0.15, -0.1) is 0 Å². The normalized spacial score (nSPS) is 28.2. The van der Waals surface area contributed by atoms with Crippen molar-refractivity contribution in [2.24, 2.45) is 17.4 Å². The van der Waals surface area contributed by atoms with E-state index < -0.39 is 11.9 Å². The largest absolute Gasteiger partial charge is 0.393 e. The fraction of sp³-hybridized carbons (Fsp3) is 0.600. The Balaban J connectivity index is 2.01. The van der Waals surface area contributed by atoms with Gasteiger partial charge in [-0.1, -0.05) is 0 Å². The van der Waals surface area contributed by atoms with E-state index in [9.17, 15) is 14.7 Å². The van der Waals surface area contributed by atoms with Gasteiger partial charge in [0.05, 0.1) is 23.4 Å². The average Bonchev–Trinajstić information content (AvgIpc) is 2.91. The summed E-state index contributed by atoms with van der Waals surface area (Å²) in [6.07, 6.45) is 4.60. The van der Waals surface area contributed by atoms with Gasteiger partial charge < -0.3 is 26.0 Å². The van der Waals surface area contributed by atoms with Gasteiger partial charge in [-0.2, -0.15) is 0 Å². The number of fused-ring (bicyclic) bond motifs is 1. The molecule has 0 radical (unpaired) electrons. The molecule has 1 fully saturated rings. The van der Waals surface area contributed by atoms with Crippen molar-refractivity contribution < 1.29 is 14.7 Å². The summed E-state index contributed by atoms with van der Waals surface area (Å²) in [5.41, 5.74) is 12.3. The summed E-state index contributed by atoms with van der Waals surface area (Å²) < 4.78 is 2.00. The number of hydrogen-bond donors (Lipinski definition) is 3. The Labute approximate surface area is 128 Å². The number of primary amides is 2. The van der Waals surface area contributed by atoms with Crippen LogP contribution in [-0.4, -0.2) is 39.2 Å². The Kier molecular flexibility index (Phi) is 3.82. The third-order valence-corrected chi connectivity index (χ3v) is 4.94. The highest BCUT2D eigenvalue weighted by molar-refractivity contribution is 5.94. The zero-order valence-corrected chi connectivity index (χ0v) is 12.4. The number of aliphatic hydroxyl groups is 1. The van der Waals surface area contributed by atoms with E-state index in [0.29, 0.717) is 31.5 Å². The van der Waals surface area contributed by atoms with Gasteiger partial charge >= 0.3 is 6.03 Å². The van der Waals surface area contributed by atoms with Crippen molar-refractivity contribution in [3.63, 3.8) is 0 Å². The molecule has 0 aromatic carbocycles. The number of amides is 3. The van der Waals surface area contributed by atoms with E-state index in [4.69, 9.17) is 11.5 Å². The second kappa shape index (κ2) is 5.64. The zero-order chi connectivity index (χ0) is 15.9. The van der Waals surface area contributed by atoms with Crippen LogP contribution < -0.4 is 11.5 Å². The summed E-state index contributed by atoms with van der Waals surface area (Å²) in [5.74, 6) is -0.302. The Hall–Kier alpha value is -2.02. The third kappa shape index (κ3) is 2.45. The highest BCUT2D eigenvalue weighted by Crippen LogP contribution is 2.41. The summed E-state index contributed by atoms with van der Waals surface area (Å²) in [6, 6.07) is 1.00. The maximum atomic E-state index is 11.9. The molecule has 1 saturated carbocycles. The molecule has 1 aromatic heterocycles. The minimum absolute atomic E-state index is 0.183. The fourth-order valence-electron chi connectivity index (χ4n) is 3.86. The third-order valence-electron chi connectivity index (χ3n) is 4.94. The maximum absolute atomic E-state index is 11.9. The van der Waals surface area contributed by atoms with Crippen LogP contribution in [0.25, 0.3) is 0 Å². The molecule has 1 atom stereocenters. The van der Waals surface area contributed by atoms with Crippen molar-refractivity contribution in [1.82, 2.24) is 9.47 Å². The molecule has 1 unspecified atom stereocenters. The van der Waals surface area contributed by atoms with Crippen molar-refractivity contribution in [3.05, 3.63) is 23.5 Å². The lowest BCUT2D eigenvalue weighted by Crippen LogP contribution is -2.48. The Morgan fingerprint density at radius 3 is 2.41 bits per heavy atom. The molecule has 120 valence electrons. The fourth-order valence-corrected chi connectivity index (χ4v) is 3.86. The standard InChI is InChI=1S/C15H22N4O3/c16-14(21)11-5-6-18-7-8-19(15(17)22)12(13(11)18)9-1-3-10(20)4-2-9/h5-6,9-10,12,20H,1-4,7-8H2,(H2,16,21)(H2,17,22). The molecule has 22 heavy (non-hydrogen) atoms. The number of nitrogens with two attached hydrogens (primary N) is 2. The van der Waals surface area contributed by atoms with Crippen molar-refractivity contribution in [3.8, 4) is 0 Å². The number of hydrogen-bond acceptors (Lipinski definition) is 3. The quantitative estimate of drug-likeness (QED) is 0.742. The second-order valence-corrected chi connectivity index (χ2v) is 6.22. The van der Waals surface area contributed by atoms with Crippen LogP contribution in [0.4, 0.5) is 4.79 Å². The summed E-state index contributed by atoms with van der Waals surface area (Å²) >= 11 is 0. The van der Waals surface area contributed by atoms with Crippen LogP contribution in [0.3, 0.4) is 0 Å². The molecule has 1 aliphatic heterocycles. The SMILES string of the molecule is NC(=O)c1ccn2c1C(C1CCC(O)CC1)N(C(N)=O)CC2. The van der Waals surface area contributed by atoms with E-state index in [0.717, 1.165) is 18.5 Å². The minimum Gasteiger partial charge on any atom is -0.393 e. The predicted molar refractivity (Wildman–Crippen MR) is 79.9 cm³/mol. The van der Waals surface area contributed by atoms with Crippen molar-refractivity contribution in [2.75, 3.05) is 6.54 Å². The van der Waals surface area contributed by atoms with Gasteiger partial charge in [-0.25, -0.2) is 4.79 Å². The first-order valence-corrected chi connectivity index (χ1v) is 7.72. The summed E-state index contributed by atoms with van der Waals surface area (Å²) in [4.78, 5) is 25.2.